The molecule has 0 radical (unpaired) electrons. The molecule has 0 bridgehead atoms. The van der Waals surface area contributed by atoms with Crippen LogP contribution in [0.4, 0.5) is 0 Å². The number of aldehydes is 1. The molecule has 3 heteroatoms. The van der Waals surface area contributed by atoms with Crippen molar-refractivity contribution in [1.82, 2.24) is 0 Å². The van der Waals surface area contributed by atoms with Crippen LogP contribution in [0.3, 0.4) is 0 Å². The molecule has 0 saturated heterocycles. The Balaban J connectivity index is 2.13. The summed E-state index contributed by atoms with van der Waals surface area (Å²) >= 11 is 5.94. The molecule has 1 saturated carbocycles. The molecule has 2 rings (SSSR count). The number of carbonyl (C=O) groups excluding carboxylic acids is 1. The maximum absolute atomic E-state index is 10.9. The Morgan fingerprint density at radius 1 is 1.25 bits per heavy atom. The third-order valence-electron chi connectivity index (χ3n) is 2.98. The first-order valence-electron chi connectivity index (χ1n) is 5.71. The van der Waals surface area contributed by atoms with Gasteiger partial charge in [-0.15, -0.1) is 0 Å². The van der Waals surface area contributed by atoms with Gasteiger partial charge in [-0.05, 0) is 37.8 Å². The van der Waals surface area contributed by atoms with Crippen LogP contribution in [0.25, 0.3) is 0 Å². The Bertz CT molecular complexity index is 370. The van der Waals surface area contributed by atoms with Crippen LogP contribution in [0.1, 0.15) is 42.5 Å². The SMILES string of the molecule is O=Cc1c(Cl)cccc1OC1CCCCC1. The van der Waals surface area contributed by atoms with Crippen LogP contribution in [-0.2, 0) is 0 Å². The highest BCUT2D eigenvalue weighted by molar-refractivity contribution is 6.33. The van der Waals surface area contributed by atoms with Gasteiger partial charge in [0.25, 0.3) is 0 Å². The molecule has 0 atom stereocenters. The summed E-state index contributed by atoms with van der Waals surface area (Å²) in [7, 11) is 0. The van der Waals surface area contributed by atoms with Crippen molar-refractivity contribution in [1.29, 1.82) is 0 Å². The number of hydrogen-bond acceptors (Lipinski definition) is 2. The second-order valence-electron chi connectivity index (χ2n) is 4.15. The third-order valence-corrected chi connectivity index (χ3v) is 3.31. The van der Waals surface area contributed by atoms with E-state index in [9.17, 15) is 4.79 Å². The largest absolute Gasteiger partial charge is 0.490 e. The van der Waals surface area contributed by atoms with Crippen LogP contribution in [0.15, 0.2) is 18.2 Å². The summed E-state index contributed by atoms with van der Waals surface area (Å²) in [5.74, 6) is 0.620. The molecule has 1 fully saturated rings. The third kappa shape index (κ3) is 2.56. The number of carbonyl (C=O) groups is 1. The number of ether oxygens (including phenoxy) is 1. The van der Waals surface area contributed by atoms with Crippen molar-refractivity contribution >= 4 is 17.9 Å². The lowest BCUT2D eigenvalue weighted by Gasteiger charge is -2.23. The van der Waals surface area contributed by atoms with E-state index < -0.39 is 0 Å². The van der Waals surface area contributed by atoms with E-state index in [1.54, 1.807) is 6.07 Å². The van der Waals surface area contributed by atoms with Gasteiger partial charge in [0.1, 0.15) is 5.75 Å². The van der Waals surface area contributed by atoms with Crippen LogP contribution < -0.4 is 4.74 Å². The predicted molar refractivity (Wildman–Crippen MR) is 64.3 cm³/mol. The first-order chi connectivity index (χ1) is 7.81. The van der Waals surface area contributed by atoms with Gasteiger partial charge in [-0.2, -0.15) is 0 Å². The highest BCUT2D eigenvalue weighted by Gasteiger charge is 2.17. The van der Waals surface area contributed by atoms with E-state index in [0.29, 0.717) is 16.3 Å². The fourth-order valence-electron chi connectivity index (χ4n) is 2.10. The number of benzene rings is 1. The number of hydrogen-bond donors (Lipinski definition) is 0. The lowest BCUT2D eigenvalue weighted by atomic mass is 9.98. The van der Waals surface area contributed by atoms with Crippen molar-refractivity contribution in [2.45, 2.75) is 38.2 Å². The lowest BCUT2D eigenvalue weighted by Crippen LogP contribution is -2.20. The van der Waals surface area contributed by atoms with Gasteiger partial charge >= 0.3 is 0 Å². The Morgan fingerprint density at radius 3 is 2.69 bits per heavy atom. The fraction of sp³-hybridized carbons (Fsp3) is 0.462. The molecule has 1 aliphatic carbocycles. The molecule has 16 heavy (non-hydrogen) atoms. The summed E-state index contributed by atoms with van der Waals surface area (Å²) in [5.41, 5.74) is 0.467. The van der Waals surface area contributed by atoms with Crippen molar-refractivity contribution < 1.29 is 9.53 Å². The summed E-state index contributed by atoms with van der Waals surface area (Å²) in [6, 6.07) is 5.33. The Hall–Kier alpha value is -1.02. The van der Waals surface area contributed by atoms with Gasteiger partial charge in [0.15, 0.2) is 6.29 Å². The van der Waals surface area contributed by atoms with Gasteiger partial charge in [0.2, 0.25) is 0 Å². The highest BCUT2D eigenvalue weighted by Crippen LogP contribution is 2.28. The van der Waals surface area contributed by atoms with Gasteiger partial charge in [-0.3, -0.25) is 4.79 Å². The van der Waals surface area contributed by atoms with E-state index in [1.165, 1.54) is 19.3 Å². The zero-order chi connectivity index (χ0) is 11.4. The summed E-state index contributed by atoms with van der Waals surface area (Å²) in [6.45, 7) is 0. The predicted octanol–water partition coefficient (Wildman–Crippen LogP) is 3.86. The van der Waals surface area contributed by atoms with Crippen LogP contribution in [0, 0.1) is 0 Å². The van der Waals surface area contributed by atoms with Crippen LogP contribution in [0.5, 0.6) is 5.75 Å². The van der Waals surface area contributed by atoms with E-state index in [-0.39, 0.29) is 6.10 Å². The minimum atomic E-state index is 0.242. The molecule has 2 nitrogen and oxygen atoms in total. The van der Waals surface area contributed by atoms with E-state index in [1.807, 2.05) is 12.1 Å². The first kappa shape index (κ1) is 11.5. The Labute approximate surface area is 101 Å². The molecule has 86 valence electrons. The van der Waals surface area contributed by atoms with Crippen molar-refractivity contribution in [2.75, 3.05) is 0 Å². The summed E-state index contributed by atoms with van der Waals surface area (Å²) in [6.07, 6.45) is 6.86. The molecule has 1 aromatic rings. The molecule has 0 amide bonds. The average Bonchev–Trinajstić information content (AvgIpc) is 2.31. The molecule has 0 unspecified atom stereocenters. The average molecular weight is 239 g/mol. The van der Waals surface area contributed by atoms with E-state index >= 15 is 0 Å². The molecular formula is C13H15ClO2. The second kappa shape index (κ2) is 5.35. The summed E-state index contributed by atoms with van der Waals surface area (Å²) in [5, 5.41) is 0.461. The smallest absolute Gasteiger partial charge is 0.155 e. The molecule has 0 heterocycles. The summed E-state index contributed by atoms with van der Waals surface area (Å²) < 4.78 is 5.84. The number of rotatable bonds is 3. The van der Waals surface area contributed by atoms with E-state index in [4.69, 9.17) is 16.3 Å². The van der Waals surface area contributed by atoms with Crippen molar-refractivity contribution in [2.24, 2.45) is 0 Å². The maximum Gasteiger partial charge on any atom is 0.155 e. The van der Waals surface area contributed by atoms with Gasteiger partial charge in [0.05, 0.1) is 16.7 Å². The monoisotopic (exact) mass is 238 g/mol. The minimum Gasteiger partial charge on any atom is -0.490 e. The Kier molecular flexibility index (Phi) is 3.83. The second-order valence-corrected chi connectivity index (χ2v) is 4.55. The molecular weight excluding hydrogens is 224 g/mol. The van der Waals surface area contributed by atoms with E-state index in [2.05, 4.69) is 0 Å². The summed E-state index contributed by atoms with van der Waals surface area (Å²) in [4.78, 5) is 10.9. The quantitative estimate of drug-likeness (QED) is 0.748. The van der Waals surface area contributed by atoms with Crippen LogP contribution in [0.2, 0.25) is 5.02 Å². The van der Waals surface area contributed by atoms with E-state index in [0.717, 1.165) is 19.1 Å². The Morgan fingerprint density at radius 2 is 2.00 bits per heavy atom. The zero-order valence-corrected chi connectivity index (χ0v) is 9.87. The normalized spacial score (nSPS) is 17.1. The first-order valence-corrected chi connectivity index (χ1v) is 6.09. The maximum atomic E-state index is 10.9. The standard InChI is InChI=1S/C13H15ClO2/c14-12-7-4-8-13(11(12)9-15)16-10-5-2-1-3-6-10/h4,7-10H,1-3,5-6H2. The van der Waals surface area contributed by atoms with Gasteiger partial charge in [0, 0.05) is 0 Å². The van der Waals surface area contributed by atoms with Crippen molar-refractivity contribution in [3.63, 3.8) is 0 Å². The molecule has 0 aliphatic heterocycles. The van der Waals surface area contributed by atoms with Gasteiger partial charge < -0.3 is 4.74 Å². The van der Waals surface area contributed by atoms with Gasteiger partial charge in [-0.1, -0.05) is 24.1 Å². The molecule has 0 N–H and O–H groups in total. The van der Waals surface area contributed by atoms with Gasteiger partial charge in [-0.25, -0.2) is 0 Å². The molecule has 0 spiro atoms. The minimum absolute atomic E-state index is 0.242. The van der Waals surface area contributed by atoms with Crippen LogP contribution in [-0.4, -0.2) is 12.4 Å². The van der Waals surface area contributed by atoms with Crippen molar-refractivity contribution in [3.8, 4) is 5.75 Å². The topological polar surface area (TPSA) is 26.3 Å². The van der Waals surface area contributed by atoms with Crippen molar-refractivity contribution in [3.05, 3.63) is 28.8 Å². The molecule has 1 aromatic carbocycles. The highest BCUT2D eigenvalue weighted by atomic mass is 35.5. The molecule has 0 aromatic heterocycles. The number of halogens is 1. The zero-order valence-electron chi connectivity index (χ0n) is 9.12. The van der Waals surface area contributed by atoms with Crippen LogP contribution >= 0.6 is 11.6 Å². The fourth-order valence-corrected chi connectivity index (χ4v) is 2.31. The molecule has 1 aliphatic rings. The lowest BCUT2D eigenvalue weighted by molar-refractivity contribution is 0.111.